The lowest BCUT2D eigenvalue weighted by Gasteiger charge is -2.13. The fraction of sp³-hybridized carbons (Fsp3) is 0.0952. The van der Waals surface area contributed by atoms with E-state index in [-0.39, 0.29) is 12.5 Å². The van der Waals surface area contributed by atoms with Gasteiger partial charge < -0.3 is 15.4 Å². The number of carbonyl (C=O) groups excluding carboxylic acids is 1. The third-order valence-electron chi connectivity index (χ3n) is 3.77. The van der Waals surface area contributed by atoms with Crippen molar-refractivity contribution >= 4 is 28.9 Å². The summed E-state index contributed by atoms with van der Waals surface area (Å²) in [6, 6.07) is 22.3. The highest BCUT2D eigenvalue weighted by Gasteiger charge is 2.09. The lowest BCUT2D eigenvalue weighted by atomic mass is 10.2. The fourth-order valence-electron chi connectivity index (χ4n) is 2.43. The summed E-state index contributed by atoms with van der Waals surface area (Å²) in [5.74, 6) is 1.13. The van der Waals surface area contributed by atoms with Crippen LogP contribution in [0, 0.1) is 6.92 Å². The van der Waals surface area contributed by atoms with Crippen LogP contribution in [0.5, 0.6) is 11.5 Å². The molecule has 0 aliphatic rings. The molecule has 0 aliphatic carbocycles. The number of hydrogen-bond acceptors (Lipinski definition) is 3. The standard InChI is InChI=1S/C21H19ClN2O2/c1-15-11-12-16(22)13-19(15)23-14-21(25)24-18-9-5-6-10-20(18)26-17-7-3-2-4-8-17/h2-13,23H,14H2,1H3,(H,24,25). The highest BCUT2D eigenvalue weighted by atomic mass is 35.5. The van der Waals surface area contributed by atoms with Crippen molar-refractivity contribution in [2.45, 2.75) is 6.92 Å². The first-order valence-corrected chi connectivity index (χ1v) is 8.61. The van der Waals surface area contributed by atoms with Crippen molar-refractivity contribution in [2.75, 3.05) is 17.2 Å². The summed E-state index contributed by atoms with van der Waals surface area (Å²) in [6.07, 6.45) is 0. The second-order valence-corrected chi connectivity index (χ2v) is 6.21. The van der Waals surface area contributed by atoms with Crippen molar-refractivity contribution in [1.29, 1.82) is 0 Å². The van der Waals surface area contributed by atoms with Crippen molar-refractivity contribution < 1.29 is 9.53 Å². The largest absolute Gasteiger partial charge is 0.455 e. The van der Waals surface area contributed by atoms with Gasteiger partial charge in [-0.15, -0.1) is 0 Å². The highest BCUT2D eigenvalue weighted by Crippen LogP contribution is 2.29. The lowest BCUT2D eigenvalue weighted by molar-refractivity contribution is -0.114. The number of benzene rings is 3. The molecule has 0 atom stereocenters. The first kappa shape index (κ1) is 17.8. The Hall–Kier alpha value is -2.98. The topological polar surface area (TPSA) is 50.4 Å². The molecular weight excluding hydrogens is 348 g/mol. The molecule has 0 fully saturated rings. The SMILES string of the molecule is Cc1ccc(Cl)cc1NCC(=O)Nc1ccccc1Oc1ccccc1. The van der Waals surface area contributed by atoms with Gasteiger partial charge in [0, 0.05) is 10.7 Å². The van der Waals surface area contributed by atoms with Crippen LogP contribution in [0.25, 0.3) is 0 Å². The van der Waals surface area contributed by atoms with Crippen molar-refractivity contribution in [3.63, 3.8) is 0 Å². The molecule has 26 heavy (non-hydrogen) atoms. The number of halogens is 1. The van der Waals surface area contributed by atoms with E-state index in [9.17, 15) is 4.79 Å². The van der Waals surface area contributed by atoms with Gasteiger partial charge in [0.05, 0.1) is 12.2 Å². The number of nitrogens with one attached hydrogen (secondary N) is 2. The van der Waals surface area contributed by atoms with E-state index in [4.69, 9.17) is 16.3 Å². The molecule has 0 saturated heterocycles. The molecular formula is C21H19ClN2O2. The Morgan fingerprint density at radius 3 is 2.50 bits per heavy atom. The van der Waals surface area contributed by atoms with Crippen LogP contribution >= 0.6 is 11.6 Å². The van der Waals surface area contributed by atoms with E-state index in [0.717, 1.165) is 11.3 Å². The Balaban J connectivity index is 1.65. The van der Waals surface area contributed by atoms with E-state index in [1.807, 2.05) is 67.6 Å². The van der Waals surface area contributed by atoms with Crippen molar-refractivity contribution in [3.05, 3.63) is 83.4 Å². The van der Waals surface area contributed by atoms with E-state index in [1.54, 1.807) is 12.1 Å². The Bertz CT molecular complexity index is 898. The number of rotatable bonds is 6. The summed E-state index contributed by atoms with van der Waals surface area (Å²) in [5, 5.41) is 6.61. The summed E-state index contributed by atoms with van der Waals surface area (Å²) in [5.41, 5.74) is 2.47. The van der Waals surface area contributed by atoms with E-state index in [0.29, 0.717) is 22.2 Å². The first-order valence-electron chi connectivity index (χ1n) is 8.23. The van der Waals surface area contributed by atoms with Gasteiger partial charge in [-0.05, 0) is 48.9 Å². The summed E-state index contributed by atoms with van der Waals surface area (Å²) < 4.78 is 5.86. The quantitative estimate of drug-likeness (QED) is 0.606. The maximum Gasteiger partial charge on any atom is 0.243 e. The minimum atomic E-state index is -0.173. The molecule has 0 aromatic heterocycles. The van der Waals surface area contributed by atoms with Crippen molar-refractivity contribution in [3.8, 4) is 11.5 Å². The molecule has 4 nitrogen and oxygen atoms in total. The normalized spacial score (nSPS) is 10.2. The minimum absolute atomic E-state index is 0.126. The van der Waals surface area contributed by atoms with Gasteiger partial charge in [0.25, 0.3) is 0 Å². The maximum atomic E-state index is 12.3. The number of carbonyl (C=O) groups is 1. The van der Waals surface area contributed by atoms with Crippen molar-refractivity contribution in [2.24, 2.45) is 0 Å². The zero-order chi connectivity index (χ0) is 18.4. The van der Waals surface area contributed by atoms with Crippen LogP contribution in [0.1, 0.15) is 5.56 Å². The maximum absolute atomic E-state index is 12.3. The second kappa shape index (κ2) is 8.41. The summed E-state index contributed by atoms with van der Waals surface area (Å²) in [6.45, 7) is 2.08. The van der Waals surface area contributed by atoms with Crippen LogP contribution < -0.4 is 15.4 Å². The zero-order valence-electron chi connectivity index (χ0n) is 14.3. The number of ether oxygens (including phenoxy) is 1. The number of para-hydroxylation sites is 3. The molecule has 2 N–H and O–H groups in total. The summed E-state index contributed by atoms with van der Waals surface area (Å²) in [4.78, 5) is 12.3. The molecule has 3 aromatic rings. The Labute approximate surface area is 157 Å². The number of aryl methyl sites for hydroxylation is 1. The number of amides is 1. The molecule has 1 amide bonds. The Morgan fingerprint density at radius 1 is 0.962 bits per heavy atom. The third-order valence-corrected chi connectivity index (χ3v) is 4.01. The molecule has 132 valence electrons. The van der Waals surface area contributed by atoms with Gasteiger partial charge in [-0.1, -0.05) is 48.0 Å². The van der Waals surface area contributed by atoms with Crippen LogP contribution in [-0.2, 0) is 4.79 Å². The van der Waals surface area contributed by atoms with Crippen LogP contribution in [0.15, 0.2) is 72.8 Å². The van der Waals surface area contributed by atoms with Crippen LogP contribution in [0.2, 0.25) is 5.02 Å². The van der Waals surface area contributed by atoms with Crippen LogP contribution in [0.3, 0.4) is 0 Å². The summed E-state index contributed by atoms with van der Waals surface area (Å²) >= 11 is 6.00. The smallest absolute Gasteiger partial charge is 0.243 e. The second-order valence-electron chi connectivity index (χ2n) is 5.77. The van der Waals surface area contributed by atoms with E-state index in [1.165, 1.54) is 0 Å². The van der Waals surface area contributed by atoms with Crippen molar-refractivity contribution in [1.82, 2.24) is 0 Å². The summed E-state index contributed by atoms with van der Waals surface area (Å²) in [7, 11) is 0. The third kappa shape index (κ3) is 4.77. The van der Waals surface area contributed by atoms with E-state index >= 15 is 0 Å². The molecule has 3 aromatic carbocycles. The zero-order valence-corrected chi connectivity index (χ0v) is 15.1. The minimum Gasteiger partial charge on any atom is -0.455 e. The van der Waals surface area contributed by atoms with E-state index < -0.39 is 0 Å². The molecule has 0 saturated carbocycles. The molecule has 5 heteroatoms. The molecule has 0 unspecified atom stereocenters. The van der Waals surface area contributed by atoms with Gasteiger partial charge in [-0.3, -0.25) is 4.79 Å². The fourth-order valence-corrected chi connectivity index (χ4v) is 2.60. The van der Waals surface area contributed by atoms with Gasteiger partial charge in [0.15, 0.2) is 5.75 Å². The monoisotopic (exact) mass is 366 g/mol. The number of hydrogen-bond donors (Lipinski definition) is 2. The molecule has 0 radical (unpaired) electrons. The molecule has 0 heterocycles. The van der Waals surface area contributed by atoms with E-state index in [2.05, 4.69) is 10.6 Å². The van der Waals surface area contributed by atoms with Gasteiger partial charge in [-0.25, -0.2) is 0 Å². The van der Waals surface area contributed by atoms with Gasteiger partial charge >= 0.3 is 0 Å². The molecule has 3 rings (SSSR count). The first-order chi connectivity index (χ1) is 12.6. The van der Waals surface area contributed by atoms with Gasteiger partial charge in [0.1, 0.15) is 5.75 Å². The van der Waals surface area contributed by atoms with Gasteiger partial charge in [-0.2, -0.15) is 0 Å². The average Bonchev–Trinajstić information content (AvgIpc) is 2.65. The Morgan fingerprint density at radius 2 is 1.69 bits per heavy atom. The lowest BCUT2D eigenvalue weighted by Crippen LogP contribution is -2.22. The molecule has 0 bridgehead atoms. The highest BCUT2D eigenvalue weighted by molar-refractivity contribution is 6.30. The predicted octanol–water partition coefficient (Wildman–Crippen LogP) is 5.49. The average molecular weight is 367 g/mol. The molecule has 0 spiro atoms. The number of anilines is 2. The molecule has 0 aliphatic heterocycles. The van der Waals surface area contributed by atoms with Crippen LogP contribution in [0.4, 0.5) is 11.4 Å². The Kier molecular flexibility index (Phi) is 5.77. The van der Waals surface area contributed by atoms with Gasteiger partial charge in [0.2, 0.25) is 5.91 Å². The van der Waals surface area contributed by atoms with Crippen LogP contribution in [-0.4, -0.2) is 12.5 Å². The predicted molar refractivity (Wildman–Crippen MR) is 106 cm³/mol.